The molecule has 4 heterocycles. The molecule has 10 nitrogen and oxygen atoms in total. The van der Waals surface area contributed by atoms with E-state index in [-0.39, 0.29) is 17.9 Å². The third kappa shape index (κ3) is 5.32. The first kappa shape index (κ1) is 26.0. The number of ether oxygens (including phenoxy) is 3. The van der Waals surface area contributed by atoms with Gasteiger partial charge in [-0.15, -0.1) is 0 Å². The second kappa shape index (κ2) is 11.4. The number of nitrogens with one attached hydrogen (secondary N) is 1. The molecule has 0 bridgehead atoms. The summed E-state index contributed by atoms with van der Waals surface area (Å²) in [5, 5.41) is 3.30. The summed E-state index contributed by atoms with van der Waals surface area (Å²) in [4.78, 5) is 36.6. The summed E-state index contributed by atoms with van der Waals surface area (Å²) in [5.74, 6) is 0.738. The minimum absolute atomic E-state index is 0.136. The molecule has 38 heavy (non-hydrogen) atoms. The number of fused-ring (bicyclic) bond motifs is 2. The number of anilines is 1. The van der Waals surface area contributed by atoms with Gasteiger partial charge in [-0.1, -0.05) is 18.2 Å². The number of rotatable bonds is 4. The van der Waals surface area contributed by atoms with Crippen molar-refractivity contribution in [2.75, 3.05) is 44.8 Å². The monoisotopic (exact) mass is 539 g/mol. The van der Waals surface area contributed by atoms with E-state index in [1.165, 1.54) is 6.08 Å². The summed E-state index contributed by atoms with van der Waals surface area (Å²) in [6, 6.07) is 4.94. The van der Waals surface area contributed by atoms with E-state index in [9.17, 15) is 9.59 Å². The van der Waals surface area contributed by atoms with Crippen molar-refractivity contribution >= 4 is 40.4 Å². The number of pyridine rings is 1. The molecule has 200 valence electrons. The number of aryl methyl sites for hydroxylation is 1. The molecule has 0 spiro atoms. The van der Waals surface area contributed by atoms with Crippen LogP contribution in [0.1, 0.15) is 41.4 Å². The normalized spacial score (nSPS) is 18.2. The Labute approximate surface area is 225 Å². The highest BCUT2D eigenvalue weighted by molar-refractivity contribution is 6.37. The highest BCUT2D eigenvalue weighted by Gasteiger charge is 2.30. The van der Waals surface area contributed by atoms with E-state index in [4.69, 9.17) is 30.8 Å². The van der Waals surface area contributed by atoms with Gasteiger partial charge in [0.1, 0.15) is 18.2 Å². The maximum Gasteiger partial charge on any atom is 0.258 e. The standard InChI is InChI=1S/C27H30ClN5O5/c1-3-22(34)32-9-5-4-6-19(16-32)33-24-20(15-21-25(23(24)28)38-13-11-36-10-12-37-21)30-27(33)31-26(35)18-7-8-29-17(2)14-18/h3,7-8,14-15,19H,1,4-6,9-13,16H2,2H3,(H,30,31,35). The number of halogens is 1. The Morgan fingerprint density at radius 3 is 2.79 bits per heavy atom. The molecule has 2 aliphatic rings. The van der Waals surface area contributed by atoms with Crippen molar-refractivity contribution in [1.29, 1.82) is 0 Å². The van der Waals surface area contributed by atoms with Crippen molar-refractivity contribution in [1.82, 2.24) is 19.4 Å². The van der Waals surface area contributed by atoms with Gasteiger partial charge < -0.3 is 23.7 Å². The van der Waals surface area contributed by atoms with Gasteiger partial charge in [0.2, 0.25) is 11.9 Å². The number of hydrogen-bond donors (Lipinski definition) is 1. The smallest absolute Gasteiger partial charge is 0.258 e. The molecule has 0 saturated carbocycles. The van der Waals surface area contributed by atoms with Gasteiger partial charge in [-0.25, -0.2) is 4.98 Å². The minimum atomic E-state index is -0.324. The van der Waals surface area contributed by atoms with Crippen molar-refractivity contribution < 1.29 is 23.8 Å². The topological polar surface area (TPSA) is 108 Å². The third-order valence-corrected chi connectivity index (χ3v) is 7.03. The fourth-order valence-electron chi connectivity index (χ4n) is 4.90. The molecule has 11 heteroatoms. The molecular formula is C27H30ClN5O5. The van der Waals surface area contributed by atoms with Crippen molar-refractivity contribution in [3.8, 4) is 11.5 Å². The minimum Gasteiger partial charge on any atom is -0.487 e. The average Bonchev–Trinajstić information content (AvgIpc) is 3.16. The van der Waals surface area contributed by atoms with Crippen LogP contribution in [-0.2, 0) is 9.53 Å². The zero-order valence-corrected chi connectivity index (χ0v) is 22.0. The third-order valence-electron chi connectivity index (χ3n) is 6.68. The van der Waals surface area contributed by atoms with E-state index in [0.29, 0.717) is 78.6 Å². The summed E-state index contributed by atoms with van der Waals surface area (Å²) < 4.78 is 19.3. The van der Waals surface area contributed by atoms with Crippen LogP contribution in [0.2, 0.25) is 5.02 Å². The summed E-state index contributed by atoms with van der Waals surface area (Å²) in [6.07, 6.45) is 5.44. The van der Waals surface area contributed by atoms with Crippen molar-refractivity contribution in [3.05, 3.63) is 53.3 Å². The average molecular weight is 540 g/mol. The molecule has 1 aromatic carbocycles. The molecule has 1 N–H and O–H groups in total. The lowest BCUT2D eigenvalue weighted by Gasteiger charge is -2.26. The lowest BCUT2D eigenvalue weighted by Crippen LogP contribution is -2.34. The van der Waals surface area contributed by atoms with E-state index in [0.717, 1.165) is 25.0 Å². The van der Waals surface area contributed by atoms with Crippen molar-refractivity contribution in [3.63, 3.8) is 0 Å². The van der Waals surface area contributed by atoms with Crippen LogP contribution in [0, 0.1) is 6.92 Å². The molecule has 1 atom stereocenters. The van der Waals surface area contributed by atoms with Crippen molar-refractivity contribution in [2.45, 2.75) is 32.2 Å². The maximum atomic E-state index is 13.3. The molecule has 0 radical (unpaired) electrons. The molecular weight excluding hydrogens is 510 g/mol. The summed E-state index contributed by atoms with van der Waals surface area (Å²) >= 11 is 6.99. The van der Waals surface area contributed by atoms with Gasteiger partial charge in [-0.2, -0.15) is 0 Å². The highest BCUT2D eigenvalue weighted by Crippen LogP contribution is 2.44. The van der Waals surface area contributed by atoms with E-state index in [1.54, 1.807) is 29.3 Å². The SMILES string of the molecule is C=CC(=O)N1CCCCC(n2c(NC(=O)c3ccnc(C)c3)nc3cc4c(c(Cl)c32)OCCOCCO4)C1. The Kier molecular flexibility index (Phi) is 7.80. The summed E-state index contributed by atoms with van der Waals surface area (Å²) in [6.45, 7) is 8.01. The van der Waals surface area contributed by atoms with Crippen LogP contribution < -0.4 is 14.8 Å². The van der Waals surface area contributed by atoms with Crippen LogP contribution in [0.5, 0.6) is 11.5 Å². The Hall–Kier alpha value is -3.63. The number of hydrogen-bond acceptors (Lipinski definition) is 7. The van der Waals surface area contributed by atoms with Gasteiger partial charge in [0.05, 0.1) is 30.3 Å². The van der Waals surface area contributed by atoms with Crippen LogP contribution in [0.4, 0.5) is 5.95 Å². The van der Waals surface area contributed by atoms with E-state index in [2.05, 4.69) is 16.9 Å². The number of benzene rings is 1. The Morgan fingerprint density at radius 1 is 1.18 bits per heavy atom. The molecule has 0 aliphatic carbocycles. The van der Waals surface area contributed by atoms with Crippen LogP contribution >= 0.6 is 11.6 Å². The second-order valence-corrected chi connectivity index (χ2v) is 9.66. The zero-order chi connectivity index (χ0) is 26.6. The van der Waals surface area contributed by atoms with Gasteiger partial charge in [0, 0.05) is 36.6 Å². The number of imidazole rings is 1. The van der Waals surface area contributed by atoms with E-state index < -0.39 is 0 Å². The maximum absolute atomic E-state index is 13.3. The molecule has 1 unspecified atom stereocenters. The number of aromatic nitrogens is 3. The molecule has 2 aromatic heterocycles. The van der Waals surface area contributed by atoms with Gasteiger partial charge in [0.15, 0.2) is 11.5 Å². The first-order valence-corrected chi connectivity index (χ1v) is 13.1. The highest BCUT2D eigenvalue weighted by atomic mass is 35.5. The molecule has 2 aliphatic heterocycles. The quantitative estimate of drug-likeness (QED) is 0.496. The van der Waals surface area contributed by atoms with Gasteiger partial charge in [-0.05, 0) is 44.4 Å². The van der Waals surface area contributed by atoms with Crippen LogP contribution in [0.15, 0.2) is 37.1 Å². The van der Waals surface area contributed by atoms with Crippen LogP contribution in [0.25, 0.3) is 11.0 Å². The number of carbonyl (C=O) groups excluding carboxylic acids is 2. The second-order valence-electron chi connectivity index (χ2n) is 9.28. The summed E-state index contributed by atoms with van der Waals surface area (Å²) in [5.41, 5.74) is 2.34. The van der Waals surface area contributed by atoms with Gasteiger partial charge in [-0.3, -0.25) is 19.9 Å². The van der Waals surface area contributed by atoms with E-state index in [1.807, 2.05) is 11.5 Å². The number of carbonyl (C=O) groups is 2. The van der Waals surface area contributed by atoms with Crippen LogP contribution in [0.3, 0.4) is 0 Å². The lowest BCUT2D eigenvalue weighted by molar-refractivity contribution is -0.126. The molecule has 3 aromatic rings. The first-order chi connectivity index (χ1) is 18.5. The van der Waals surface area contributed by atoms with Crippen molar-refractivity contribution in [2.24, 2.45) is 0 Å². The van der Waals surface area contributed by atoms with E-state index >= 15 is 0 Å². The Bertz CT molecular complexity index is 1370. The number of amides is 2. The zero-order valence-electron chi connectivity index (χ0n) is 21.2. The predicted octanol–water partition coefficient (Wildman–Crippen LogP) is 4.17. The fraction of sp³-hybridized carbons (Fsp3) is 0.407. The first-order valence-electron chi connectivity index (χ1n) is 12.7. The molecule has 1 saturated heterocycles. The Balaban J connectivity index is 1.64. The van der Waals surface area contributed by atoms with Crippen LogP contribution in [-0.4, -0.2) is 70.8 Å². The number of nitrogens with zero attached hydrogens (tertiary/aromatic N) is 4. The lowest BCUT2D eigenvalue weighted by atomic mass is 10.1. The van der Waals surface area contributed by atoms with Gasteiger partial charge in [0.25, 0.3) is 5.91 Å². The summed E-state index contributed by atoms with van der Waals surface area (Å²) in [7, 11) is 0. The molecule has 5 rings (SSSR count). The largest absolute Gasteiger partial charge is 0.487 e. The molecule has 2 amide bonds. The van der Waals surface area contributed by atoms with Gasteiger partial charge >= 0.3 is 0 Å². The predicted molar refractivity (Wildman–Crippen MR) is 143 cm³/mol. The molecule has 1 fully saturated rings. The number of likely N-dealkylation sites (tertiary alicyclic amines) is 1. The fourth-order valence-corrected chi connectivity index (χ4v) is 5.23. The Morgan fingerprint density at radius 2 is 2.00 bits per heavy atom.